The lowest BCUT2D eigenvalue weighted by Gasteiger charge is -2.34. The van der Waals surface area contributed by atoms with Crippen LogP contribution in [0.3, 0.4) is 0 Å². The van der Waals surface area contributed by atoms with Crippen LogP contribution in [0.4, 0.5) is 31.5 Å². The lowest BCUT2D eigenvalue weighted by Crippen LogP contribution is -2.26. The number of anilines is 4. The molecule has 0 bridgehead atoms. The number of hydrogen-bond donors (Lipinski definition) is 0. The fraction of sp³-hybridized carbons (Fsp3) is 0.319. The molecule has 76 heavy (non-hydrogen) atoms. The van der Waals surface area contributed by atoms with E-state index in [1.165, 1.54) is 33.9 Å². The predicted octanol–water partition coefficient (Wildman–Crippen LogP) is 20.1. The molecule has 0 saturated heterocycles. The topological polar surface area (TPSA) is 33.5 Å². The number of para-hydroxylation sites is 1. The van der Waals surface area contributed by atoms with E-state index in [1.54, 1.807) is 6.07 Å². The second-order valence-corrected chi connectivity index (χ2v) is 25.1. The monoisotopic (exact) mass is 1010 g/mol. The number of halogens is 2. The summed E-state index contributed by atoms with van der Waals surface area (Å²) in [5, 5.41) is 2.28. The van der Waals surface area contributed by atoms with Crippen LogP contribution < -0.4 is 14.5 Å². The molecule has 7 heteroatoms. The van der Waals surface area contributed by atoms with Gasteiger partial charge in [-0.1, -0.05) is 146 Å². The molecule has 7 aromatic carbocycles. The average molecular weight is 1010 g/mol. The highest BCUT2D eigenvalue weighted by molar-refractivity contribution is 6.09. The molecule has 1 aliphatic rings. The molecule has 1 aliphatic heterocycles. The molecule has 0 amide bonds. The predicted molar refractivity (Wildman–Crippen MR) is 316 cm³/mol. The molecule has 3 heterocycles. The summed E-state index contributed by atoms with van der Waals surface area (Å²) in [6, 6.07) is 47.7. The van der Waals surface area contributed by atoms with Crippen molar-refractivity contribution in [3.05, 3.63) is 191 Å². The molecule has 0 radical (unpaired) electrons. The zero-order valence-corrected chi connectivity index (χ0v) is 47.2. The van der Waals surface area contributed by atoms with E-state index in [0.717, 1.165) is 90.2 Å². The van der Waals surface area contributed by atoms with Crippen LogP contribution in [0.1, 0.15) is 155 Å². The van der Waals surface area contributed by atoms with Crippen molar-refractivity contribution in [3.63, 3.8) is 0 Å². The van der Waals surface area contributed by atoms with Crippen molar-refractivity contribution >= 4 is 44.6 Å². The van der Waals surface area contributed by atoms with E-state index in [4.69, 9.17) is 9.72 Å². The Labute approximate surface area is 450 Å². The summed E-state index contributed by atoms with van der Waals surface area (Å²) in [5.41, 5.74) is 16.7. The zero-order valence-electron chi connectivity index (χ0n) is 47.2. The maximum absolute atomic E-state index is 15.7. The van der Waals surface area contributed by atoms with Crippen LogP contribution in [0.2, 0.25) is 0 Å². The smallest absolute Gasteiger partial charge is 0.137 e. The highest BCUT2D eigenvalue weighted by Gasteiger charge is 2.35. The van der Waals surface area contributed by atoms with Crippen LogP contribution >= 0.6 is 0 Å². The van der Waals surface area contributed by atoms with Crippen molar-refractivity contribution in [3.8, 4) is 39.6 Å². The Kier molecular flexibility index (Phi) is 13.3. The lowest BCUT2D eigenvalue weighted by atomic mass is 9.71. The third-order valence-electron chi connectivity index (χ3n) is 15.3. The first kappa shape index (κ1) is 52.2. The molecular formula is C69H74F2N4O. The van der Waals surface area contributed by atoms with Gasteiger partial charge in [0, 0.05) is 52.1 Å². The Morgan fingerprint density at radius 3 is 1.79 bits per heavy atom. The minimum absolute atomic E-state index is 0.0718. The molecule has 0 saturated carbocycles. The Morgan fingerprint density at radius 1 is 0.526 bits per heavy atom. The molecule has 9 aromatic rings. The zero-order chi connectivity index (χ0) is 54.3. The summed E-state index contributed by atoms with van der Waals surface area (Å²) in [4.78, 5) is 9.73. The van der Waals surface area contributed by atoms with E-state index in [1.807, 2.05) is 18.3 Å². The van der Waals surface area contributed by atoms with Crippen molar-refractivity contribution in [2.45, 2.75) is 138 Å². The first-order valence-corrected chi connectivity index (χ1v) is 27.2. The fourth-order valence-electron chi connectivity index (χ4n) is 11.2. The Balaban J connectivity index is 1.22. The van der Waals surface area contributed by atoms with Crippen molar-refractivity contribution in [2.75, 3.05) is 16.5 Å². The van der Waals surface area contributed by atoms with Gasteiger partial charge in [0.2, 0.25) is 0 Å². The van der Waals surface area contributed by atoms with Gasteiger partial charge in [-0.25, -0.2) is 13.8 Å². The maximum Gasteiger partial charge on any atom is 0.137 e. The average Bonchev–Trinajstić information content (AvgIpc) is 3.94. The lowest BCUT2D eigenvalue weighted by molar-refractivity contribution is 0.483. The molecule has 0 atom stereocenters. The number of aromatic nitrogens is 2. The Hall–Kier alpha value is -7.25. The van der Waals surface area contributed by atoms with Gasteiger partial charge in [-0.2, -0.15) is 0 Å². The Bertz CT molecular complexity index is 3610. The Morgan fingerprint density at radius 2 is 1.18 bits per heavy atom. The molecular weight excluding hydrogens is 939 g/mol. The SMILES string of the molecule is CC(C)c1ccc2c(c1)N(c1c(C(C)C)cc(-c3ccc(F)cc3F)cc1C(C)C)CN2c1cc(Oc2ccc3c4ccccc4n(-c4ccccn4)c3c2)cc(-c2c(C(C)(C)C)cc(C(C)(C)C)cc2C(C)(C)C)c1. The number of benzene rings is 7. The minimum atomic E-state index is -0.588. The van der Waals surface area contributed by atoms with Gasteiger partial charge in [0.1, 0.15) is 35.6 Å². The molecule has 0 N–H and O–H groups in total. The summed E-state index contributed by atoms with van der Waals surface area (Å²) >= 11 is 0. The maximum atomic E-state index is 15.7. The van der Waals surface area contributed by atoms with E-state index < -0.39 is 11.6 Å². The van der Waals surface area contributed by atoms with E-state index in [2.05, 4.69) is 227 Å². The molecule has 0 spiro atoms. The van der Waals surface area contributed by atoms with Crippen LogP contribution in [0.25, 0.3) is 49.9 Å². The molecule has 390 valence electrons. The molecule has 5 nitrogen and oxygen atoms in total. The summed E-state index contributed by atoms with van der Waals surface area (Å²) < 4.78 is 39.5. The third kappa shape index (κ3) is 9.67. The van der Waals surface area contributed by atoms with E-state index in [-0.39, 0.29) is 28.1 Å². The van der Waals surface area contributed by atoms with Crippen LogP contribution in [-0.2, 0) is 16.2 Å². The summed E-state index contributed by atoms with van der Waals surface area (Å²) in [5.74, 6) is 1.59. The van der Waals surface area contributed by atoms with Crippen molar-refractivity contribution < 1.29 is 13.5 Å². The highest BCUT2D eigenvalue weighted by atomic mass is 19.1. The van der Waals surface area contributed by atoms with Gasteiger partial charge in [-0.3, -0.25) is 4.57 Å². The second kappa shape index (κ2) is 19.4. The minimum Gasteiger partial charge on any atom is -0.457 e. The largest absolute Gasteiger partial charge is 0.457 e. The fourth-order valence-corrected chi connectivity index (χ4v) is 11.2. The van der Waals surface area contributed by atoms with Gasteiger partial charge in [0.15, 0.2) is 0 Å². The summed E-state index contributed by atoms with van der Waals surface area (Å²) in [6.07, 6.45) is 1.84. The van der Waals surface area contributed by atoms with E-state index in [0.29, 0.717) is 18.2 Å². The van der Waals surface area contributed by atoms with Crippen molar-refractivity contribution in [1.82, 2.24) is 9.55 Å². The van der Waals surface area contributed by atoms with Crippen LogP contribution in [0, 0.1) is 11.6 Å². The molecule has 10 rings (SSSR count). The number of ether oxygens (including phenoxy) is 1. The number of pyridine rings is 1. The number of hydrogen-bond acceptors (Lipinski definition) is 4. The quantitative estimate of drug-likeness (QED) is 0.137. The molecule has 0 aliphatic carbocycles. The first-order valence-electron chi connectivity index (χ1n) is 27.2. The van der Waals surface area contributed by atoms with Gasteiger partial charge in [0.05, 0.1) is 22.4 Å². The summed E-state index contributed by atoms with van der Waals surface area (Å²) in [7, 11) is 0. The third-order valence-corrected chi connectivity index (χ3v) is 15.3. The normalized spacial score (nSPS) is 13.3. The van der Waals surface area contributed by atoms with Crippen molar-refractivity contribution in [2.24, 2.45) is 0 Å². The first-order chi connectivity index (χ1) is 35.9. The van der Waals surface area contributed by atoms with Gasteiger partial charge < -0.3 is 14.5 Å². The van der Waals surface area contributed by atoms with Gasteiger partial charge in [-0.05, 0) is 163 Å². The van der Waals surface area contributed by atoms with Crippen LogP contribution in [0.5, 0.6) is 11.5 Å². The molecule has 0 fully saturated rings. The molecule has 2 aromatic heterocycles. The standard InChI is InChI=1S/C69H74F2N4O/c1-41(2)44-23-28-61-63(34-44)74(66-55(42(3)4)32-45(33-56(66)43(5)6)52-26-24-48(70)37-59(52)71)40-73(61)49-30-46(65-57(68(10,11)12)35-47(67(7,8)9)36-58(65)69(13,14)15)31-51(38-49)76-50-25-27-54-53-20-16-17-21-60(53)75(62(54)39-50)64-22-18-19-29-72-64/h16-39,41-43H,40H2,1-15H3. The second-order valence-electron chi connectivity index (χ2n) is 25.1. The number of rotatable bonds is 10. The van der Waals surface area contributed by atoms with Crippen molar-refractivity contribution in [1.29, 1.82) is 0 Å². The van der Waals surface area contributed by atoms with E-state index >= 15 is 4.39 Å². The van der Waals surface area contributed by atoms with Crippen LogP contribution in [0.15, 0.2) is 146 Å². The number of fused-ring (bicyclic) bond motifs is 4. The summed E-state index contributed by atoms with van der Waals surface area (Å²) in [6.45, 7) is 34.7. The van der Waals surface area contributed by atoms with E-state index in [9.17, 15) is 4.39 Å². The van der Waals surface area contributed by atoms with Gasteiger partial charge >= 0.3 is 0 Å². The highest BCUT2D eigenvalue weighted by Crippen LogP contribution is 2.53. The molecule has 0 unspecified atom stereocenters. The number of nitrogens with zero attached hydrogens (tertiary/aromatic N) is 4. The van der Waals surface area contributed by atoms with Crippen LogP contribution in [-0.4, -0.2) is 16.2 Å². The van der Waals surface area contributed by atoms with Gasteiger partial charge in [0.25, 0.3) is 0 Å². The van der Waals surface area contributed by atoms with Gasteiger partial charge in [-0.15, -0.1) is 0 Å².